The highest BCUT2D eigenvalue weighted by Crippen LogP contribution is 2.27. The minimum Gasteiger partial charge on any atom is -0.383 e. The van der Waals surface area contributed by atoms with E-state index in [9.17, 15) is 45.8 Å². The van der Waals surface area contributed by atoms with Crippen molar-refractivity contribution in [3.05, 3.63) is 63.7 Å². The third kappa shape index (κ3) is 4.75. The normalized spacial score (nSPS) is 16.9. The van der Waals surface area contributed by atoms with Crippen molar-refractivity contribution in [2.45, 2.75) is 38.1 Å². The zero-order valence-electron chi connectivity index (χ0n) is 18.9. The molecule has 1 fully saturated rings. The fourth-order valence-electron chi connectivity index (χ4n) is 3.98. The van der Waals surface area contributed by atoms with Gasteiger partial charge in [0.15, 0.2) is 17.3 Å². The number of alkyl halides is 3. The number of hydrogen-bond donors (Lipinski definition) is 2. The average Bonchev–Trinajstić information content (AvgIpc) is 3.15. The molecule has 0 spiro atoms. The van der Waals surface area contributed by atoms with E-state index in [0.717, 1.165) is 17.9 Å². The molecule has 0 saturated carbocycles. The SMILES string of the molecule is CCC(NC(=O)c1cn(-c2c(F)cc(F)cc2F)c2nc(N3CCC(O)C3=O)ccc2c1=O)C(F)(F)F. The van der Waals surface area contributed by atoms with Crippen LogP contribution in [0.2, 0.25) is 0 Å². The van der Waals surface area contributed by atoms with E-state index < -0.39 is 81.7 Å². The van der Waals surface area contributed by atoms with Crippen LogP contribution in [0.25, 0.3) is 16.7 Å². The van der Waals surface area contributed by atoms with E-state index in [0.29, 0.717) is 22.9 Å². The number of amides is 2. The molecule has 1 aromatic carbocycles. The zero-order valence-corrected chi connectivity index (χ0v) is 18.9. The van der Waals surface area contributed by atoms with Crippen LogP contribution in [-0.2, 0) is 4.79 Å². The van der Waals surface area contributed by atoms with Gasteiger partial charge in [0.2, 0.25) is 5.43 Å². The molecule has 0 radical (unpaired) electrons. The van der Waals surface area contributed by atoms with E-state index in [1.54, 1.807) is 5.32 Å². The fourth-order valence-corrected chi connectivity index (χ4v) is 3.98. The number of rotatable bonds is 5. The Balaban J connectivity index is 1.96. The third-order valence-corrected chi connectivity index (χ3v) is 5.87. The van der Waals surface area contributed by atoms with E-state index in [1.807, 2.05) is 0 Å². The van der Waals surface area contributed by atoms with Crippen molar-refractivity contribution in [3.63, 3.8) is 0 Å². The highest BCUT2D eigenvalue weighted by atomic mass is 19.4. The summed E-state index contributed by atoms with van der Waals surface area (Å²) in [4.78, 5) is 43.2. The van der Waals surface area contributed by atoms with Crippen LogP contribution in [0, 0.1) is 17.5 Å². The third-order valence-electron chi connectivity index (χ3n) is 5.87. The van der Waals surface area contributed by atoms with Crippen LogP contribution in [0.4, 0.5) is 32.2 Å². The smallest absolute Gasteiger partial charge is 0.383 e. The standard InChI is InChI=1S/C23H18F6N4O4/c1-2-16(23(27,28)29)30-21(36)12-9-33(18-13(25)7-10(24)8-14(18)26)20-11(19(12)35)3-4-17(31-20)32-6-5-15(34)22(32)37/h3-4,7-9,15-16,34H,2,5-6H2,1H3,(H,30,36). The Morgan fingerprint density at radius 3 is 2.38 bits per heavy atom. The summed E-state index contributed by atoms with van der Waals surface area (Å²) in [6, 6.07) is 0.585. The van der Waals surface area contributed by atoms with Crippen molar-refractivity contribution in [2.75, 3.05) is 11.4 Å². The molecule has 2 unspecified atom stereocenters. The number of benzene rings is 1. The molecule has 2 N–H and O–H groups in total. The summed E-state index contributed by atoms with van der Waals surface area (Å²) in [6.45, 7) is 1.20. The Bertz CT molecular complexity index is 1450. The highest BCUT2D eigenvalue weighted by molar-refractivity contribution is 6.00. The lowest BCUT2D eigenvalue weighted by Crippen LogP contribution is -2.46. The Kier molecular flexibility index (Phi) is 6.71. The maximum absolute atomic E-state index is 14.7. The van der Waals surface area contributed by atoms with Crippen molar-refractivity contribution in [1.29, 1.82) is 0 Å². The lowest BCUT2D eigenvalue weighted by Gasteiger charge is -2.21. The molecule has 2 aromatic heterocycles. The molecule has 0 aliphatic carbocycles. The first-order valence-electron chi connectivity index (χ1n) is 10.9. The van der Waals surface area contributed by atoms with E-state index in [1.165, 1.54) is 6.07 Å². The number of halogens is 6. The number of pyridine rings is 2. The number of aliphatic hydroxyl groups is 1. The van der Waals surface area contributed by atoms with Crippen LogP contribution in [0.3, 0.4) is 0 Å². The molecule has 2 atom stereocenters. The second-order valence-electron chi connectivity index (χ2n) is 8.27. The number of aromatic nitrogens is 2. The summed E-state index contributed by atoms with van der Waals surface area (Å²) in [7, 11) is 0. The van der Waals surface area contributed by atoms with Gasteiger partial charge in [0.25, 0.3) is 11.8 Å². The zero-order chi connectivity index (χ0) is 27.2. The number of nitrogens with zero attached hydrogens (tertiary/aromatic N) is 3. The second-order valence-corrected chi connectivity index (χ2v) is 8.27. The first-order chi connectivity index (χ1) is 17.3. The first kappa shape index (κ1) is 26.1. The molecule has 1 aliphatic heterocycles. The number of aliphatic hydroxyl groups excluding tert-OH is 1. The quantitative estimate of drug-likeness (QED) is 0.496. The van der Waals surface area contributed by atoms with Gasteiger partial charge in [-0.2, -0.15) is 13.2 Å². The van der Waals surface area contributed by atoms with E-state index in [2.05, 4.69) is 4.98 Å². The van der Waals surface area contributed by atoms with Gasteiger partial charge in [-0.25, -0.2) is 18.2 Å². The second kappa shape index (κ2) is 9.50. The van der Waals surface area contributed by atoms with Gasteiger partial charge in [-0.1, -0.05) is 6.92 Å². The van der Waals surface area contributed by atoms with Gasteiger partial charge in [-0.3, -0.25) is 23.9 Å². The van der Waals surface area contributed by atoms with Gasteiger partial charge in [0, 0.05) is 31.3 Å². The minimum atomic E-state index is -4.83. The van der Waals surface area contributed by atoms with E-state index in [4.69, 9.17) is 0 Å². The molecule has 1 saturated heterocycles. The Morgan fingerprint density at radius 2 is 1.84 bits per heavy atom. The lowest BCUT2D eigenvalue weighted by atomic mass is 10.1. The summed E-state index contributed by atoms with van der Waals surface area (Å²) in [5.41, 5.74) is -3.43. The van der Waals surface area contributed by atoms with Crippen LogP contribution in [0.1, 0.15) is 30.1 Å². The van der Waals surface area contributed by atoms with Crippen molar-refractivity contribution in [2.24, 2.45) is 0 Å². The molecule has 0 bridgehead atoms. The topological polar surface area (TPSA) is 105 Å². The van der Waals surface area contributed by atoms with Crippen molar-refractivity contribution >= 4 is 28.7 Å². The van der Waals surface area contributed by atoms with Crippen LogP contribution in [0.15, 0.2) is 35.3 Å². The number of fused-ring (bicyclic) bond motifs is 1. The lowest BCUT2D eigenvalue weighted by molar-refractivity contribution is -0.153. The van der Waals surface area contributed by atoms with Crippen LogP contribution >= 0.6 is 0 Å². The Labute approximate surface area is 204 Å². The number of carbonyl (C=O) groups excluding carboxylic acids is 2. The number of hydrogen-bond acceptors (Lipinski definition) is 5. The molecule has 14 heteroatoms. The molecule has 3 heterocycles. The van der Waals surface area contributed by atoms with Crippen LogP contribution < -0.4 is 15.6 Å². The molecule has 196 valence electrons. The van der Waals surface area contributed by atoms with Crippen LogP contribution in [-0.4, -0.2) is 51.3 Å². The van der Waals surface area contributed by atoms with Gasteiger partial charge in [-0.15, -0.1) is 0 Å². The molecule has 2 amide bonds. The van der Waals surface area contributed by atoms with Crippen molar-refractivity contribution < 1.29 is 41.0 Å². The van der Waals surface area contributed by atoms with Crippen molar-refractivity contribution in [3.8, 4) is 5.69 Å². The van der Waals surface area contributed by atoms with Gasteiger partial charge in [0.1, 0.15) is 35.0 Å². The van der Waals surface area contributed by atoms with Gasteiger partial charge >= 0.3 is 6.18 Å². The Hall–Kier alpha value is -3.94. The van der Waals surface area contributed by atoms with Crippen LogP contribution in [0.5, 0.6) is 0 Å². The summed E-state index contributed by atoms with van der Waals surface area (Å²) < 4.78 is 83.2. The molecule has 37 heavy (non-hydrogen) atoms. The largest absolute Gasteiger partial charge is 0.408 e. The van der Waals surface area contributed by atoms with E-state index >= 15 is 0 Å². The number of anilines is 1. The predicted molar refractivity (Wildman–Crippen MR) is 118 cm³/mol. The molecular formula is C23H18F6N4O4. The monoisotopic (exact) mass is 528 g/mol. The number of nitrogens with one attached hydrogen (secondary N) is 1. The molecule has 8 nitrogen and oxygen atoms in total. The highest BCUT2D eigenvalue weighted by Gasteiger charge is 2.40. The summed E-state index contributed by atoms with van der Waals surface area (Å²) >= 11 is 0. The summed E-state index contributed by atoms with van der Waals surface area (Å²) in [5.74, 6) is -6.48. The molecule has 4 rings (SSSR count). The summed E-state index contributed by atoms with van der Waals surface area (Å²) in [6.07, 6.45) is -6.03. The molecular weight excluding hydrogens is 510 g/mol. The molecule has 1 aliphatic rings. The van der Waals surface area contributed by atoms with Crippen molar-refractivity contribution in [1.82, 2.24) is 14.9 Å². The molecule has 3 aromatic rings. The average molecular weight is 528 g/mol. The maximum Gasteiger partial charge on any atom is 0.408 e. The van der Waals surface area contributed by atoms with Gasteiger partial charge in [-0.05, 0) is 18.6 Å². The van der Waals surface area contributed by atoms with Gasteiger partial charge < -0.3 is 10.4 Å². The predicted octanol–water partition coefficient (Wildman–Crippen LogP) is 2.97. The van der Waals surface area contributed by atoms with E-state index in [-0.39, 0.29) is 18.8 Å². The minimum absolute atomic E-state index is 0.0400. The Morgan fingerprint density at radius 1 is 1.19 bits per heavy atom. The maximum atomic E-state index is 14.7. The summed E-state index contributed by atoms with van der Waals surface area (Å²) in [5, 5.41) is 11.0. The fraction of sp³-hybridized carbons (Fsp3) is 0.304. The first-order valence-corrected chi connectivity index (χ1v) is 10.9. The number of carbonyl (C=O) groups is 2. The van der Waals surface area contributed by atoms with Gasteiger partial charge in [0.05, 0.1) is 5.39 Å².